The second-order valence-electron chi connectivity index (χ2n) is 2.76. The van der Waals surface area contributed by atoms with Crippen LogP contribution >= 0.6 is 15.9 Å². The Morgan fingerprint density at radius 1 is 1.54 bits per heavy atom. The summed E-state index contributed by atoms with van der Waals surface area (Å²) in [7, 11) is 0. The molecule has 2 nitrogen and oxygen atoms in total. The van der Waals surface area contributed by atoms with Gasteiger partial charge in [0.15, 0.2) is 0 Å². The summed E-state index contributed by atoms with van der Waals surface area (Å²) in [6.07, 6.45) is 0.389. The molecular formula is C10H11BrO2. The molecule has 0 atom stereocenters. The SMILES string of the molecule is CCC(=O)Oc1ccc(C)cc1Br. The van der Waals surface area contributed by atoms with Gasteiger partial charge in [0.2, 0.25) is 0 Å². The van der Waals surface area contributed by atoms with E-state index >= 15 is 0 Å². The van der Waals surface area contributed by atoms with E-state index in [1.807, 2.05) is 19.1 Å². The van der Waals surface area contributed by atoms with Gasteiger partial charge in [0.1, 0.15) is 5.75 Å². The highest BCUT2D eigenvalue weighted by atomic mass is 79.9. The largest absolute Gasteiger partial charge is 0.425 e. The summed E-state index contributed by atoms with van der Waals surface area (Å²) in [4.78, 5) is 11.0. The van der Waals surface area contributed by atoms with Crippen molar-refractivity contribution in [1.29, 1.82) is 0 Å². The summed E-state index contributed by atoms with van der Waals surface area (Å²) in [6, 6.07) is 5.61. The number of carbonyl (C=O) groups excluding carboxylic acids is 1. The first-order valence-electron chi connectivity index (χ1n) is 4.10. The van der Waals surface area contributed by atoms with Crippen LogP contribution in [0.25, 0.3) is 0 Å². The Kier molecular flexibility index (Phi) is 3.48. The highest BCUT2D eigenvalue weighted by Crippen LogP contribution is 2.25. The minimum atomic E-state index is -0.218. The van der Waals surface area contributed by atoms with E-state index in [2.05, 4.69) is 15.9 Å². The van der Waals surface area contributed by atoms with Gasteiger partial charge in [-0.05, 0) is 40.5 Å². The summed E-state index contributed by atoms with van der Waals surface area (Å²) in [5, 5.41) is 0. The topological polar surface area (TPSA) is 26.3 Å². The maximum atomic E-state index is 11.0. The molecule has 13 heavy (non-hydrogen) atoms. The maximum Gasteiger partial charge on any atom is 0.310 e. The normalized spacial score (nSPS) is 9.77. The number of aryl methyl sites for hydroxylation is 1. The van der Waals surface area contributed by atoms with Crippen LogP contribution in [0, 0.1) is 6.92 Å². The van der Waals surface area contributed by atoms with E-state index in [1.165, 1.54) is 0 Å². The van der Waals surface area contributed by atoms with Crippen LogP contribution in [0.5, 0.6) is 5.75 Å². The average molecular weight is 243 g/mol. The fourth-order valence-electron chi connectivity index (χ4n) is 0.883. The third-order valence-corrected chi connectivity index (χ3v) is 2.22. The van der Waals surface area contributed by atoms with Gasteiger partial charge < -0.3 is 4.74 Å². The predicted molar refractivity (Wildman–Crippen MR) is 54.8 cm³/mol. The van der Waals surface area contributed by atoms with Gasteiger partial charge in [0, 0.05) is 6.42 Å². The van der Waals surface area contributed by atoms with Crippen LogP contribution in [0.3, 0.4) is 0 Å². The number of benzene rings is 1. The monoisotopic (exact) mass is 242 g/mol. The molecule has 70 valence electrons. The molecule has 0 saturated carbocycles. The zero-order valence-corrected chi connectivity index (χ0v) is 9.22. The highest BCUT2D eigenvalue weighted by molar-refractivity contribution is 9.10. The predicted octanol–water partition coefficient (Wildman–Crippen LogP) is 3.07. The molecule has 0 amide bonds. The second kappa shape index (κ2) is 4.42. The van der Waals surface area contributed by atoms with Gasteiger partial charge in [-0.15, -0.1) is 0 Å². The lowest BCUT2D eigenvalue weighted by atomic mass is 10.2. The zero-order chi connectivity index (χ0) is 9.84. The number of rotatable bonds is 2. The molecule has 0 bridgehead atoms. The van der Waals surface area contributed by atoms with Gasteiger partial charge in [-0.3, -0.25) is 4.79 Å². The van der Waals surface area contributed by atoms with Crippen molar-refractivity contribution in [2.45, 2.75) is 20.3 Å². The Morgan fingerprint density at radius 3 is 2.77 bits per heavy atom. The Labute approximate surface area is 86.0 Å². The van der Waals surface area contributed by atoms with Crippen molar-refractivity contribution in [3.8, 4) is 5.75 Å². The van der Waals surface area contributed by atoms with Crippen LogP contribution < -0.4 is 4.74 Å². The molecule has 0 aliphatic heterocycles. The summed E-state index contributed by atoms with van der Waals surface area (Å²) in [5.74, 6) is 0.363. The molecule has 0 unspecified atom stereocenters. The third kappa shape index (κ3) is 2.84. The Balaban J connectivity index is 2.83. The fourth-order valence-corrected chi connectivity index (χ4v) is 1.46. The molecule has 0 aliphatic rings. The van der Waals surface area contributed by atoms with Crippen molar-refractivity contribution in [2.24, 2.45) is 0 Å². The van der Waals surface area contributed by atoms with E-state index in [-0.39, 0.29) is 5.97 Å². The smallest absolute Gasteiger partial charge is 0.310 e. The Bertz CT molecular complexity index is 321. The lowest BCUT2D eigenvalue weighted by Gasteiger charge is -2.05. The van der Waals surface area contributed by atoms with Crippen LogP contribution in [0.4, 0.5) is 0 Å². The highest BCUT2D eigenvalue weighted by Gasteiger charge is 2.05. The average Bonchev–Trinajstić information content (AvgIpc) is 2.09. The molecule has 0 radical (unpaired) electrons. The first-order chi connectivity index (χ1) is 6.13. The Morgan fingerprint density at radius 2 is 2.23 bits per heavy atom. The molecule has 1 aromatic carbocycles. The molecule has 0 saturated heterocycles. The van der Waals surface area contributed by atoms with Crippen LogP contribution in [-0.2, 0) is 4.79 Å². The number of hydrogen-bond donors (Lipinski definition) is 0. The number of hydrogen-bond acceptors (Lipinski definition) is 2. The number of ether oxygens (including phenoxy) is 1. The van der Waals surface area contributed by atoms with E-state index in [9.17, 15) is 4.79 Å². The molecule has 0 aromatic heterocycles. The van der Waals surface area contributed by atoms with Gasteiger partial charge in [-0.25, -0.2) is 0 Å². The minimum absolute atomic E-state index is 0.218. The van der Waals surface area contributed by atoms with Gasteiger partial charge in [0.25, 0.3) is 0 Å². The summed E-state index contributed by atoms with van der Waals surface area (Å²) >= 11 is 3.33. The quantitative estimate of drug-likeness (QED) is 0.589. The standard InChI is InChI=1S/C10H11BrO2/c1-3-10(12)13-9-5-4-7(2)6-8(9)11/h4-6H,3H2,1-2H3. The zero-order valence-electron chi connectivity index (χ0n) is 7.63. The van der Waals surface area contributed by atoms with E-state index in [4.69, 9.17) is 4.74 Å². The van der Waals surface area contributed by atoms with E-state index in [1.54, 1.807) is 13.0 Å². The lowest BCUT2D eigenvalue weighted by molar-refractivity contribution is -0.134. The van der Waals surface area contributed by atoms with E-state index < -0.39 is 0 Å². The van der Waals surface area contributed by atoms with Crippen molar-refractivity contribution in [1.82, 2.24) is 0 Å². The molecule has 0 N–H and O–H groups in total. The van der Waals surface area contributed by atoms with Crippen LogP contribution in [0.15, 0.2) is 22.7 Å². The maximum absolute atomic E-state index is 11.0. The minimum Gasteiger partial charge on any atom is -0.425 e. The molecular weight excluding hydrogens is 232 g/mol. The molecule has 0 spiro atoms. The summed E-state index contributed by atoms with van der Waals surface area (Å²) in [6.45, 7) is 3.75. The molecule has 1 rings (SSSR count). The van der Waals surface area contributed by atoms with E-state index in [0.29, 0.717) is 12.2 Å². The lowest BCUT2D eigenvalue weighted by Crippen LogP contribution is -2.05. The van der Waals surface area contributed by atoms with Gasteiger partial charge in [-0.2, -0.15) is 0 Å². The fraction of sp³-hybridized carbons (Fsp3) is 0.300. The van der Waals surface area contributed by atoms with Crippen molar-refractivity contribution in [2.75, 3.05) is 0 Å². The number of esters is 1. The third-order valence-electron chi connectivity index (χ3n) is 1.60. The first kappa shape index (κ1) is 10.3. The second-order valence-corrected chi connectivity index (χ2v) is 3.62. The van der Waals surface area contributed by atoms with Crippen molar-refractivity contribution >= 4 is 21.9 Å². The van der Waals surface area contributed by atoms with Gasteiger partial charge in [-0.1, -0.05) is 13.0 Å². The van der Waals surface area contributed by atoms with Crippen LogP contribution in [0.2, 0.25) is 0 Å². The van der Waals surface area contributed by atoms with E-state index in [0.717, 1.165) is 10.0 Å². The number of carbonyl (C=O) groups is 1. The summed E-state index contributed by atoms with van der Waals surface area (Å²) < 4.78 is 5.88. The van der Waals surface area contributed by atoms with Crippen LogP contribution in [-0.4, -0.2) is 5.97 Å². The molecule has 0 fully saturated rings. The molecule has 0 heterocycles. The Hall–Kier alpha value is -0.830. The van der Waals surface area contributed by atoms with Gasteiger partial charge in [0.05, 0.1) is 4.47 Å². The molecule has 0 aliphatic carbocycles. The molecule has 1 aromatic rings. The summed E-state index contributed by atoms with van der Waals surface area (Å²) in [5.41, 5.74) is 1.13. The van der Waals surface area contributed by atoms with Crippen LogP contribution in [0.1, 0.15) is 18.9 Å². The van der Waals surface area contributed by atoms with Crippen molar-refractivity contribution in [3.63, 3.8) is 0 Å². The van der Waals surface area contributed by atoms with Gasteiger partial charge >= 0.3 is 5.97 Å². The van der Waals surface area contributed by atoms with Crippen molar-refractivity contribution in [3.05, 3.63) is 28.2 Å². The number of halogens is 1. The molecule has 3 heteroatoms. The van der Waals surface area contributed by atoms with Crippen molar-refractivity contribution < 1.29 is 9.53 Å². The first-order valence-corrected chi connectivity index (χ1v) is 4.89.